The van der Waals surface area contributed by atoms with Crippen molar-refractivity contribution in [1.82, 2.24) is 0 Å². The van der Waals surface area contributed by atoms with Crippen LogP contribution in [0, 0.1) is 5.92 Å². The van der Waals surface area contributed by atoms with Gasteiger partial charge in [0, 0.05) is 42.8 Å². The summed E-state index contributed by atoms with van der Waals surface area (Å²) in [5.74, 6) is 2.05. The molecular weight excluding hydrogens is 358 g/mol. The van der Waals surface area contributed by atoms with Crippen LogP contribution < -0.4 is 9.64 Å². The molecule has 3 nitrogen and oxygen atoms in total. The summed E-state index contributed by atoms with van der Waals surface area (Å²) in [5.41, 5.74) is 4.97. The molecule has 0 spiro atoms. The van der Waals surface area contributed by atoms with E-state index in [2.05, 4.69) is 77.7 Å². The quantitative estimate of drug-likeness (QED) is 0.605. The number of Topliss-reactive ketones (excluding diaryl/α,β-unsaturated/α-hetero) is 1. The van der Waals surface area contributed by atoms with Crippen LogP contribution in [0.5, 0.6) is 5.75 Å². The second kappa shape index (κ2) is 6.48. The summed E-state index contributed by atoms with van der Waals surface area (Å²) in [5, 5.41) is 0. The Balaban J connectivity index is 1.52. The largest absolute Gasteiger partial charge is 0.470 e. The molecule has 3 aromatic rings. The van der Waals surface area contributed by atoms with Gasteiger partial charge in [0.05, 0.1) is 0 Å². The fourth-order valence-electron chi connectivity index (χ4n) is 5.69. The molecule has 3 aromatic carbocycles. The van der Waals surface area contributed by atoms with Crippen LogP contribution in [0.4, 0.5) is 5.69 Å². The SMILES string of the molecule is O=C1C[C@@H]2c3ccccc3O[C@H]3[C@@H]2[C@@H](C1)c1ccccc1N3Cc1ccccc1. The van der Waals surface area contributed by atoms with Crippen LogP contribution >= 0.6 is 0 Å². The zero-order chi connectivity index (χ0) is 19.4. The number of carbonyl (C=O) groups excluding carboxylic acids is 1. The van der Waals surface area contributed by atoms with E-state index in [9.17, 15) is 4.79 Å². The van der Waals surface area contributed by atoms with E-state index >= 15 is 0 Å². The van der Waals surface area contributed by atoms with E-state index in [0.717, 1.165) is 12.3 Å². The van der Waals surface area contributed by atoms with E-state index in [1.54, 1.807) is 0 Å². The minimum Gasteiger partial charge on any atom is -0.470 e. The van der Waals surface area contributed by atoms with Gasteiger partial charge in [-0.2, -0.15) is 0 Å². The van der Waals surface area contributed by atoms with Gasteiger partial charge in [0.1, 0.15) is 11.5 Å². The van der Waals surface area contributed by atoms with Gasteiger partial charge in [-0.15, -0.1) is 0 Å². The molecule has 0 bridgehead atoms. The van der Waals surface area contributed by atoms with Crippen LogP contribution in [-0.4, -0.2) is 12.0 Å². The monoisotopic (exact) mass is 381 g/mol. The molecule has 0 radical (unpaired) electrons. The van der Waals surface area contributed by atoms with Crippen molar-refractivity contribution in [2.75, 3.05) is 4.90 Å². The van der Waals surface area contributed by atoms with E-state index in [-0.39, 0.29) is 18.1 Å². The lowest BCUT2D eigenvalue weighted by Crippen LogP contribution is -2.55. The van der Waals surface area contributed by atoms with Crippen molar-refractivity contribution in [1.29, 1.82) is 0 Å². The zero-order valence-corrected chi connectivity index (χ0v) is 16.2. The average molecular weight is 381 g/mol. The van der Waals surface area contributed by atoms with Crippen molar-refractivity contribution >= 4 is 11.5 Å². The van der Waals surface area contributed by atoms with E-state index in [0.29, 0.717) is 24.5 Å². The van der Waals surface area contributed by atoms with Gasteiger partial charge in [-0.25, -0.2) is 0 Å². The third kappa shape index (κ3) is 2.61. The van der Waals surface area contributed by atoms with Crippen LogP contribution in [-0.2, 0) is 11.3 Å². The Morgan fingerprint density at radius 1 is 0.793 bits per heavy atom. The molecule has 1 saturated carbocycles. The number of hydrogen-bond acceptors (Lipinski definition) is 3. The molecule has 0 aromatic heterocycles. The molecule has 1 fully saturated rings. The summed E-state index contributed by atoms with van der Waals surface area (Å²) in [6.45, 7) is 0.800. The molecule has 1 aliphatic carbocycles. The average Bonchev–Trinajstić information content (AvgIpc) is 2.77. The minimum atomic E-state index is -0.0527. The standard InChI is InChI=1S/C26H23NO2/c28-18-14-21-19-10-4-6-12-23(19)27(16-17-8-2-1-3-9-17)26-25(21)22(15-18)20-11-5-7-13-24(20)29-26/h1-13,21-22,25-26H,14-16H2/t21-,22+,25+,26-/m0/s1. The second-order valence-electron chi connectivity index (χ2n) is 8.46. The summed E-state index contributed by atoms with van der Waals surface area (Å²) < 4.78 is 6.66. The summed E-state index contributed by atoms with van der Waals surface area (Å²) in [6.07, 6.45) is 1.20. The van der Waals surface area contributed by atoms with Gasteiger partial charge in [0.15, 0.2) is 6.23 Å². The van der Waals surface area contributed by atoms with E-state index < -0.39 is 0 Å². The van der Waals surface area contributed by atoms with Gasteiger partial charge in [-0.05, 0) is 28.8 Å². The highest BCUT2D eigenvalue weighted by atomic mass is 16.5. The van der Waals surface area contributed by atoms with Gasteiger partial charge >= 0.3 is 0 Å². The van der Waals surface area contributed by atoms with Crippen LogP contribution in [0.2, 0.25) is 0 Å². The first-order valence-corrected chi connectivity index (χ1v) is 10.5. The summed E-state index contributed by atoms with van der Waals surface area (Å²) in [6, 6.07) is 27.5. The highest BCUT2D eigenvalue weighted by molar-refractivity contribution is 5.83. The van der Waals surface area contributed by atoms with Crippen LogP contribution in [0.1, 0.15) is 41.4 Å². The number of ketones is 1. The molecule has 3 heteroatoms. The molecule has 3 aliphatic rings. The van der Waals surface area contributed by atoms with Gasteiger partial charge < -0.3 is 9.64 Å². The maximum absolute atomic E-state index is 12.8. The van der Waals surface area contributed by atoms with Crippen LogP contribution in [0.3, 0.4) is 0 Å². The van der Waals surface area contributed by atoms with Crippen molar-refractivity contribution in [2.45, 2.75) is 37.5 Å². The lowest BCUT2D eigenvalue weighted by Gasteiger charge is -2.54. The van der Waals surface area contributed by atoms with Gasteiger partial charge in [-0.1, -0.05) is 66.7 Å². The molecule has 6 rings (SSSR count). The van der Waals surface area contributed by atoms with E-state index in [1.165, 1.54) is 22.4 Å². The molecule has 0 saturated heterocycles. The zero-order valence-electron chi connectivity index (χ0n) is 16.2. The van der Waals surface area contributed by atoms with Crippen molar-refractivity contribution in [3.8, 4) is 5.75 Å². The first-order valence-electron chi connectivity index (χ1n) is 10.5. The lowest BCUT2D eigenvalue weighted by molar-refractivity contribution is -0.124. The molecule has 0 amide bonds. The summed E-state index contributed by atoms with van der Waals surface area (Å²) in [7, 11) is 0. The first kappa shape index (κ1) is 16.8. The molecule has 4 atom stereocenters. The van der Waals surface area contributed by atoms with Gasteiger partial charge in [0.25, 0.3) is 0 Å². The maximum atomic E-state index is 12.8. The Hall–Kier alpha value is -3.07. The highest BCUT2D eigenvalue weighted by Gasteiger charge is 2.52. The van der Waals surface area contributed by atoms with Crippen molar-refractivity contribution < 1.29 is 9.53 Å². The Morgan fingerprint density at radius 2 is 1.45 bits per heavy atom. The molecule has 144 valence electrons. The Labute approximate surface area is 170 Å². The predicted octanol–water partition coefficient (Wildman–Crippen LogP) is 5.27. The van der Waals surface area contributed by atoms with E-state index in [1.807, 2.05) is 6.07 Å². The number of carbonyl (C=O) groups is 1. The predicted molar refractivity (Wildman–Crippen MR) is 113 cm³/mol. The first-order chi connectivity index (χ1) is 14.3. The Morgan fingerprint density at radius 3 is 2.28 bits per heavy atom. The molecule has 29 heavy (non-hydrogen) atoms. The molecule has 2 aliphatic heterocycles. The van der Waals surface area contributed by atoms with Crippen LogP contribution in [0.15, 0.2) is 78.9 Å². The third-order valence-corrected chi connectivity index (χ3v) is 6.87. The fourth-order valence-corrected chi connectivity index (χ4v) is 5.69. The van der Waals surface area contributed by atoms with E-state index in [4.69, 9.17) is 4.74 Å². The molecule has 0 unspecified atom stereocenters. The normalized spacial score (nSPS) is 26.8. The smallest absolute Gasteiger partial charge is 0.176 e. The number of fused-ring (bicyclic) bond motifs is 4. The summed E-state index contributed by atoms with van der Waals surface area (Å²) >= 11 is 0. The maximum Gasteiger partial charge on any atom is 0.176 e. The number of nitrogens with zero attached hydrogens (tertiary/aromatic N) is 1. The minimum absolute atomic E-state index is 0.0527. The number of rotatable bonds is 2. The van der Waals surface area contributed by atoms with Crippen molar-refractivity contribution in [3.63, 3.8) is 0 Å². The Bertz CT molecular complexity index is 1080. The van der Waals surface area contributed by atoms with Gasteiger partial charge in [-0.3, -0.25) is 4.79 Å². The Kier molecular flexibility index (Phi) is 3.77. The number of anilines is 1. The molecule has 2 heterocycles. The van der Waals surface area contributed by atoms with Crippen molar-refractivity contribution in [3.05, 3.63) is 95.6 Å². The number of para-hydroxylation sites is 2. The topological polar surface area (TPSA) is 29.5 Å². The number of hydrogen-bond donors (Lipinski definition) is 0. The fraction of sp³-hybridized carbons (Fsp3) is 0.269. The van der Waals surface area contributed by atoms with Crippen molar-refractivity contribution in [2.24, 2.45) is 5.92 Å². The second-order valence-corrected chi connectivity index (χ2v) is 8.46. The van der Waals surface area contributed by atoms with Gasteiger partial charge in [0.2, 0.25) is 0 Å². The van der Waals surface area contributed by atoms with Crippen LogP contribution in [0.25, 0.3) is 0 Å². The number of ether oxygens (including phenoxy) is 1. The highest BCUT2D eigenvalue weighted by Crippen LogP contribution is 2.57. The third-order valence-electron chi connectivity index (χ3n) is 6.87. The lowest BCUT2D eigenvalue weighted by atomic mass is 9.62. The molecule has 0 N–H and O–H groups in total. The molecular formula is C26H23NO2. The summed E-state index contributed by atoms with van der Waals surface area (Å²) in [4.78, 5) is 15.2. The number of benzene rings is 3.